The predicted molar refractivity (Wildman–Crippen MR) is 83.4 cm³/mol. The van der Waals surface area contributed by atoms with Gasteiger partial charge in [-0.2, -0.15) is 0 Å². The number of hydrogen-bond acceptors (Lipinski definition) is 4. The van der Waals surface area contributed by atoms with Gasteiger partial charge in [0.1, 0.15) is 6.10 Å². The first-order chi connectivity index (χ1) is 11.0. The molecule has 1 spiro atoms. The molecule has 1 aromatic rings. The molecular formula is C19H22O4. The summed E-state index contributed by atoms with van der Waals surface area (Å²) in [7, 11) is 0. The van der Waals surface area contributed by atoms with Crippen molar-refractivity contribution in [2.75, 3.05) is 0 Å². The maximum atomic E-state index is 13.0. The second kappa shape index (κ2) is 5.08. The molecule has 4 heteroatoms. The van der Waals surface area contributed by atoms with Crippen molar-refractivity contribution in [1.29, 1.82) is 0 Å². The lowest BCUT2D eigenvalue weighted by Gasteiger charge is -2.49. The topological polar surface area (TPSA) is 56.5 Å². The molecule has 4 nitrogen and oxygen atoms in total. The van der Waals surface area contributed by atoms with Crippen LogP contribution in [0.4, 0.5) is 0 Å². The summed E-state index contributed by atoms with van der Waals surface area (Å²) in [5.74, 6) is 0.685. The van der Waals surface area contributed by atoms with Gasteiger partial charge >= 0.3 is 5.97 Å². The highest BCUT2D eigenvalue weighted by Crippen LogP contribution is 2.60. The highest BCUT2D eigenvalue weighted by Gasteiger charge is 2.61. The van der Waals surface area contributed by atoms with Gasteiger partial charge in [-0.1, -0.05) is 12.5 Å². The van der Waals surface area contributed by atoms with Crippen molar-refractivity contribution in [2.45, 2.75) is 45.6 Å². The van der Waals surface area contributed by atoms with Crippen molar-refractivity contribution < 1.29 is 18.7 Å². The molecule has 1 aliphatic heterocycles. The number of ether oxygens (including phenoxy) is 1. The highest BCUT2D eigenvalue weighted by atomic mass is 16.6. The van der Waals surface area contributed by atoms with Crippen LogP contribution in [0.25, 0.3) is 0 Å². The molecule has 5 atom stereocenters. The SMILES string of the molecule is CC1=CC(=O)CC2[C@H]1CC[C@@H](C)[C@]21C[C@H](c2ccoc2)OC1=O. The van der Waals surface area contributed by atoms with E-state index in [1.165, 1.54) is 0 Å². The third kappa shape index (κ3) is 2.03. The standard InChI is InChI=1S/C19H22O4/c1-11-7-14(20)8-16-15(11)4-3-12(2)19(16)9-17(23-18(19)21)13-5-6-22-10-13/h5-7,10,12,15-17H,3-4,8-9H2,1-2H3/t12-,15+,16?,17-,19-/m1/s1. The minimum Gasteiger partial charge on any atom is -0.472 e. The lowest BCUT2D eigenvalue weighted by atomic mass is 9.52. The van der Waals surface area contributed by atoms with Crippen LogP contribution in [0.5, 0.6) is 0 Å². The van der Waals surface area contributed by atoms with Gasteiger partial charge in [-0.3, -0.25) is 9.59 Å². The largest absolute Gasteiger partial charge is 0.472 e. The number of carbonyl (C=O) groups is 2. The molecule has 0 amide bonds. The molecule has 0 bridgehead atoms. The van der Waals surface area contributed by atoms with Crippen molar-refractivity contribution in [1.82, 2.24) is 0 Å². The van der Waals surface area contributed by atoms with Crippen LogP contribution in [-0.4, -0.2) is 11.8 Å². The Morgan fingerprint density at radius 2 is 2.09 bits per heavy atom. The summed E-state index contributed by atoms with van der Waals surface area (Å²) in [6, 6.07) is 1.86. The Balaban J connectivity index is 1.74. The molecule has 2 heterocycles. The van der Waals surface area contributed by atoms with Gasteiger partial charge in [0, 0.05) is 18.4 Å². The van der Waals surface area contributed by atoms with Crippen LogP contribution in [0.1, 0.15) is 51.2 Å². The van der Waals surface area contributed by atoms with E-state index in [0.717, 1.165) is 24.0 Å². The Morgan fingerprint density at radius 1 is 1.26 bits per heavy atom. The number of allylic oxidation sites excluding steroid dienone is 2. The first-order valence-corrected chi connectivity index (χ1v) is 8.46. The zero-order valence-electron chi connectivity index (χ0n) is 13.6. The molecule has 1 unspecified atom stereocenters. The Kier molecular flexibility index (Phi) is 3.26. The van der Waals surface area contributed by atoms with Gasteiger partial charge in [0.25, 0.3) is 0 Å². The Hall–Kier alpha value is -1.84. The van der Waals surface area contributed by atoms with Crippen molar-refractivity contribution in [3.05, 3.63) is 35.8 Å². The fourth-order valence-corrected chi connectivity index (χ4v) is 5.14. The molecule has 122 valence electrons. The lowest BCUT2D eigenvalue weighted by Crippen LogP contribution is -2.50. The van der Waals surface area contributed by atoms with Crippen molar-refractivity contribution >= 4 is 11.8 Å². The third-order valence-electron chi connectivity index (χ3n) is 6.40. The molecular weight excluding hydrogens is 292 g/mol. The summed E-state index contributed by atoms with van der Waals surface area (Å²) in [5, 5.41) is 0. The third-order valence-corrected chi connectivity index (χ3v) is 6.40. The maximum absolute atomic E-state index is 13.0. The Labute approximate surface area is 135 Å². The minimum atomic E-state index is -0.532. The van der Waals surface area contributed by atoms with Gasteiger partial charge in [0.2, 0.25) is 0 Å². The second-order valence-corrected chi connectivity index (χ2v) is 7.45. The summed E-state index contributed by atoms with van der Waals surface area (Å²) < 4.78 is 10.9. The molecule has 0 N–H and O–H groups in total. The van der Waals surface area contributed by atoms with E-state index in [9.17, 15) is 9.59 Å². The van der Waals surface area contributed by atoms with Crippen molar-refractivity contribution in [3.63, 3.8) is 0 Å². The summed E-state index contributed by atoms with van der Waals surface area (Å²) in [4.78, 5) is 25.1. The van der Waals surface area contributed by atoms with E-state index in [1.54, 1.807) is 18.6 Å². The lowest BCUT2D eigenvalue weighted by molar-refractivity contribution is -0.158. The molecule has 1 aromatic heterocycles. The van der Waals surface area contributed by atoms with Crippen LogP contribution < -0.4 is 0 Å². The molecule has 4 rings (SSSR count). The number of carbonyl (C=O) groups excluding carboxylic acids is 2. The van der Waals surface area contributed by atoms with Crippen LogP contribution in [-0.2, 0) is 14.3 Å². The molecule has 2 aliphatic carbocycles. The van der Waals surface area contributed by atoms with E-state index in [0.29, 0.717) is 18.8 Å². The van der Waals surface area contributed by atoms with Crippen LogP contribution in [0.2, 0.25) is 0 Å². The average Bonchev–Trinajstić information content (AvgIpc) is 3.12. The van der Waals surface area contributed by atoms with Crippen LogP contribution >= 0.6 is 0 Å². The number of furan rings is 1. The van der Waals surface area contributed by atoms with Gasteiger partial charge in [-0.25, -0.2) is 0 Å². The van der Waals surface area contributed by atoms with Crippen LogP contribution in [0.3, 0.4) is 0 Å². The van der Waals surface area contributed by atoms with E-state index in [4.69, 9.17) is 9.15 Å². The zero-order chi connectivity index (χ0) is 16.2. The molecule has 2 fully saturated rings. The zero-order valence-corrected chi connectivity index (χ0v) is 13.6. The summed E-state index contributed by atoms with van der Waals surface area (Å²) >= 11 is 0. The van der Waals surface area contributed by atoms with E-state index in [1.807, 2.05) is 13.0 Å². The van der Waals surface area contributed by atoms with Gasteiger partial charge in [0.15, 0.2) is 5.78 Å². The molecule has 0 aromatic carbocycles. The quantitative estimate of drug-likeness (QED) is 0.739. The summed E-state index contributed by atoms with van der Waals surface area (Å²) in [6.07, 6.45) is 7.99. The molecule has 0 radical (unpaired) electrons. The maximum Gasteiger partial charge on any atom is 0.313 e. The van der Waals surface area contributed by atoms with Gasteiger partial charge in [0.05, 0.1) is 17.9 Å². The summed E-state index contributed by atoms with van der Waals surface area (Å²) in [6.45, 7) is 4.18. The smallest absolute Gasteiger partial charge is 0.313 e. The fraction of sp³-hybridized carbons (Fsp3) is 0.579. The second-order valence-electron chi connectivity index (χ2n) is 7.45. The molecule has 1 saturated carbocycles. The predicted octanol–water partition coefficient (Wildman–Crippen LogP) is 3.84. The van der Waals surface area contributed by atoms with Gasteiger partial charge < -0.3 is 9.15 Å². The van der Waals surface area contributed by atoms with Crippen molar-refractivity contribution in [2.24, 2.45) is 23.2 Å². The Bertz CT molecular complexity index is 672. The number of cyclic esters (lactones) is 1. The minimum absolute atomic E-state index is 0.0770. The highest BCUT2D eigenvalue weighted by molar-refractivity contribution is 5.93. The van der Waals surface area contributed by atoms with Gasteiger partial charge in [-0.05, 0) is 49.7 Å². The number of rotatable bonds is 1. The number of fused-ring (bicyclic) bond motifs is 2. The van der Waals surface area contributed by atoms with Crippen LogP contribution in [0.15, 0.2) is 34.7 Å². The van der Waals surface area contributed by atoms with E-state index >= 15 is 0 Å². The first-order valence-electron chi connectivity index (χ1n) is 8.46. The van der Waals surface area contributed by atoms with Gasteiger partial charge in [-0.15, -0.1) is 0 Å². The summed E-state index contributed by atoms with van der Waals surface area (Å²) in [5.41, 5.74) is 1.52. The molecule has 1 saturated heterocycles. The van der Waals surface area contributed by atoms with E-state index < -0.39 is 5.41 Å². The fourth-order valence-electron chi connectivity index (χ4n) is 5.14. The molecule has 3 aliphatic rings. The van der Waals surface area contributed by atoms with Crippen LogP contribution in [0, 0.1) is 23.2 Å². The monoisotopic (exact) mass is 314 g/mol. The number of esters is 1. The number of hydrogen-bond donors (Lipinski definition) is 0. The first kappa shape index (κ1) is 14.7. The average molecular weight is 314 g/mol. The Morgan fingerprint density at radius 3 is 2.83 bits per heavy atom. The van der Waals surface area contributed by atoms with Crippen molar-refractivity contribution in [3.8, 4) is 0 Å². The van der Waals surface area contributed by atoms with E-state index in [2.05, 4.69) is 6.92 Å². The van der Waals surface area contributed by atoms with E-state index in [-0.39, 0.29) is 29.7 Å². The normalized spacial score (nSPS) is 40.0. The number of ketones is 1. The molecule has 23 heavy (non-hydrogen) atoms.